The van der Waals surface area contributed by atoms with Gasteiger partial charge in [-0.2, -0.15) is 0 Å². The number of ether oxygens (including phenoxy) is 1. The lowest BCUT2D eigenvalue weighted by Gasteiger charge is -2.33. The lowest BCUT2D eigenvalue weighted by molar-refractivity contribution is -0.133. The highest BCUT2D eigenvalue weighted by Gasteiger charge is 2.24. The molecule has 3 rings (SSSR count). The molecule has 2 N–H and O–H groups in total. The van der Waals surface area contributed by atoms with Gasteiger partial charge < -0.3 is 15.4 Å². The molecule has 0 bridgehead atoms. The quantitative estimate of drug-likeness (QED) is 0.815. The van der Waals surface area contributed by atoms with Crippen molar-refractivity contribution in [1.82, 2.24) is 9.88 Å². The van der Waals surface area contributed by atoms with Crippen molar-refractivity contribution in [3.8, 4) is 5.75 Å². The topological polar surface area (TPSA) is 85.5 Å². The minimum absolute atomic E-state index is 0.0834. The molecule has 1 aliphatic heterocycles. The van der Waals surface area contributed by atoms with E-state index in [1.807, 2.05) is 23.1 Å². The second kappa shape index (κ2) is 9.16. The average Bonchev–Trinajstić information content (AvgIpc) is 2.69. The molecule has 1 saturated heterocycles. The van der Waals surface area contributed by atoms with Gasteiger partial charge in [0.2, 0.25) is 5.91 Å². The van der Waals surface area contributed by atoms with Gasteiger partial charge in [-0.1, -0.05) is 30.3 Å². The highest BCUT2D eigenvalue weighted by atomic mass is 16.5. The molecule has 1 atom stereocenters. The minimum Gasteiger partial charge on any atom is -0.488 e. The van der Waals surface area contributed by atoms with Gasteiger partial charge in [-0.25, -0.2) is 0 Å². The third-order valence-electron chi connectivity index (χ3n) is 4.72. The smallest absolute Gasteiger partial charge is 0.267 e. The molecule has 1 aromatic carbocycles. The Bertz CT molecular complexity index is 779. The van der Waals surface area contributed by atoms with Gasteiger partial charge in [-0.05, 0) is 37.3 Å². The maximum absolute atomic E-state index is 12.5. The summed E-state index contributed by atoms with van der Waals surface area (Å²) in [6, 6.07) is 13.5. The Morgan fingerprint density at radius 3 is 2.81 bits per heavy atom. The van der Waals surface area contributed by atoms with Gasteiger partial charge in [-0.3, -0.25) is 14.6 Å². The second-order valence-electron chi connectivity index (χ2n) is 6.80. The number of pyridine rings is 1. The summed E-state index contributed by atoms with van der Waals surface area (Å²) in [6.07, 6.45) is 5.50. The zero-order valence-corrected chi connectivity index (χ0v) is 15.3. The van der Waals surface area contributed by atoms with Crippen molar-refractivity contribution in [2.24, 2.45) is 5.73 Å². The van der Waals surface area contributed by atoms with E-state index in [-0.39, 0.29) is 17.7 Å². The largest absolute Gasteiger partial charge is 0.488 e. The number of carbonyl (C=O) groups excluding carboxylic acids is 2. The third kappa shape index (κ3) is 5.54. The number of rotatable bonds is 7. The number of nitrogens with two attached hydrogens (primary N) is 1. The number of hydrogen-bond acceptors (Lipinski definition) is 4. The summed E-state index contributed by atoms with van der Waals surface area (Å²) < 4.78 is 5.96. The standard InChI is InChI=1S/C21H25N3O3/c22-21(26)19-14-17(11-12-23-19)27-18-9-5-13-24(15-18)20(25)10-4-8-16-6-2-1-3-7-16/h1-3,6-7,11-12,14,18H,4-5,8-10,13,15H2,(H2,22,26). The Kier molecular flexibility index (Phi) is 6.41. The van der Waals surface area contributed by atoms with Gasteiger partial charge in [0.25, 0.3) is 5.91 Å². The van der Waals surface area contributed by atoms with Crippen LogP contribution in [0.1, 0.15) is 41.7 Å². The van der Waals surface area contributed by atoms with Crippen LogP contribution in [0.3, 0.4) is 0 Å². The van der Waals surface area contributed by atoms with Crippen molar-refractivity contribution in [3.05, 3.63) is 59.9 Å². The molecule has 27 heavy (non-hydrogen) atoms. The number of primary amides is 1. The lowest BCUT2D eigenvalue weighted by atomic mass is 10.1. The summed E-state index contributed by atoms with van der Waals surface area (Å²) in [7, 11) is 0. The number of likely N-dealkylation sites (tertiary alicyclic amines) is 1. The average molecular weight is 367 g/mol. The van der Waals surface area contributed by atoms with Gasteiger partial charge in [0.1, 0.15) is 17.5 Å². The summed E-state index contributed by atoms with van der Waals surface area (Å²) in [6.45, 7) is 1.34. The summed E-state index contributed by atoms with van der Waals surface area (Å²) in [5.74, 6) is 0.147. The van der Waals surface area contributed by atoms with Crippen LogP contribution in [0.5, 0.6) is 5.75 Å². The van der Waals surface area contributed by atoms with E-state index >= 15 is 0 Å². The van der Waals surface area contributed by atoms with E-state index in [4.69, 9.17) is 10.5 Å². The second-order valence-corrected chi connectivity index (χ2v) is 6.80. The predicted molar refractivity (Wildman–Crippen MR) is 102 cm³/mol. The number of benzene rings is 1. The number of hydrogen-bond donors (Lipinski definition) is 1. The zero-order chi connectivity index (χ0) is 19.1. The van der Waals surface area contributed by atoms with Crippen LogP contribution in [0.15, 0.2) is 48.7 Å². The Labute approximate surface area is 159 Å². The summed E-state index contributed by atoms with van der Waals surface area (Å²) in [4.78, 5) is 29.6. The molecule has 1 aromatic heterocycles. The molecule has 1 aliphatic rings. The van der Waals surface area contributed by atoms with Crippen LogP contribution >= 0.6 is 0 Å². The Morgan fingerprint density at radius 2 is 2.04 bits per heavy atom. The first-order chi connectivity index (χ1) is 13.1. The van der Waals surface area contributed by atoms with E-state index in [1.165, 1.54) is 11.8 Å². The SMILES string of the molecule is NC(=O)c1cc(OC2CCCN(C(=O)CCCc3ccccc3)C2)ccn1. The van der Waals surface area contributed by atoms with E-state index in [0.29, 0.717) is 18.7 Å². The maximum atomic E-state index is 12.5. The summed E-state index contributed by atoms with van der Waals surface area (Å²) >= 11 is 0. The Morgan fingerprint density at radius 1 is 1.22 bits per heavy atom. The van der Waals surface area contributed by atoms with Gasteiger partial charge in [0.15, 0.2) is 0 Å². The molecule has 6 heteroatoms. The van der Waals surface area contributed by atoms with Crippen LogP contribution in [0, 0.1) is 0 Å². The molecule has 2 amide bonds. The summed E-state index contributed by atoms with van der Waals surface area (Å²) in [5.41, 5.74) is 6.69. The molecule has 142 valence electrons. The minimum atomic E-state index is -0.584. The van der Waals surface area contributed by atoms with E-state index < -0.39 is 5.91 Å². The molecule has 0 aliphatic carbocycles. The number of amides is 2. The van der Waals surface area contributed by atoms with Crippen molar-refractivity contribution in [2.75, 3.05) is 13.1 Å². The first-order valence-electron chi connectivity index (χ1n) is 9.36. The van der Waals surface area contributed by atoms with Crippen LogP contribution < -0.4 is 10.5 Å². The highest BCUT2D eigenvalue weighted by Crippen LogP contribution is 2.20. The van der Waals surface area contributed by atoms with Crippen LogP contribution in [0.25, 0.3) is 0 Å². The normalized spacial score (nSPS) is 16.7. The third-order valence-corrected chi connectivity index (χ3v) is 4.72. The maximum Gasteiger partial charge on any atom is 0.267 e. The number of aromatic nitrogens is 1. The molecule has 0 spiro atoms. The molecular formula is C21H25N3O3. The molecule has 2 aromatic rings. The van der Waals surface area contributed by atoms with Crippen molar-refractivity contribution in [2.45, 2.75) is 38.2 Å². The summed E-state index contributed by atoms with van der Waals surface area (Å²) in [5, 5.41) is 0. The fourth-order valence-corrected chi connectivity index (χ4v) is 3.32. The molecule has 0 radical (unpaired) electrons. The molecule has 1 fully saturated rings. The number of nitrogens with zero attached hydrogens (tertiary/aromatic N) is 2. The molecule has 0 saturated carbocycles. The highest BCUT2D eigenvalue weighted by molar-refractivity contribution is 5.91. The van der Waals surface area contributed by atoms with Crippen LogP contribution in [0.2, 0.25) is 0 Å². The first kappa shape index (κ1) is 18.9. The molecular weight excluding hydrogens is 342 g/mol. The van der Waals surface area contributed by atoms with E-state index in [9.17, 15) is 9.59 Å². The van der Waals surface area contributed by atoms with Crippen molar-refractivity contribution < 1.29 is 14.3 Å². The lowest BCUT2D eigenvalue weighted by Crippen LogP contribution is -2.44. The molecule has 6 nitrogen and oxygen atoms in total. The van der Waals surface area contributed by atoms with E-state index in [1.54, 1.807) is 12.1 Å². The van der Waals surface area contributed by atoms with Gasteiger partial charge in [0.05, 0.1) is 6.54 Å². The Balaban J connectivity index is 1.49. The molecule has 1 unspecified atom stereocenters. The van der Waals surface area contributed by atoms with Crippen LogP contribution in [0.4, 0.5) is 0 Å². The van der Waals surface area contributed by atoms with Crippen LogP contribution in [-0.2, 0) is 11.2 Å². The van der Waals surface area contributed by atoms with Crippen molar-refractivity contribution in [1.29, 1.82) is 0 Å². The predicted octanol–water partition coefficient (Wildman–Crippen LogP) is 2.57. The van der Waals surface area contributed by atoms with Gasteiger partial charge >= 0.3 is 0 Å². The molecule has 2 heterocycles. The first-order valence-corrected chi connectivity index (χ1v) is 9.36. The van der Waals surface area contributed by atoms with E-state index in [0.717, 1.165) is 32.2 Å². The van der Waals surface area contributed by atoms with E-state index in [2.05, 4.69) is 17.1 Å². The fourth-order valence-electron chi connectivity index (χ4n) is 3.32. The van der Waals surface area contributed by atoms with Crippen molar-refractivity contribution >= 4 is 11.8 Å². The van der Waals surface area contributed by atoms with Crippen LogP contribution in [-0.4, -0.2) is 40.9 Å². The monoisotopic (exact) mass is 367 g/mol. The van der Waals surface area contributed by atoms with Gasteiger partial charge in [-0.15, -0.1) is 0 Å². The van der Waals surface area contributed by atoms with Gasteiger partial charge in [0, 0.05) is 25.2 Å². The number of aryl methyl sites for hydroxylation is 1. The Hall–Kier alpha value is -2.89. The number of piperidine rings is 1. The number of carbonyl (C=O) groups is 2. The fraction of sp³-hybridized carbons (Fsp3) is 0.381. The zero-order valence-electron chi connectivity index (χ0n) is 15.3. The van der Waals surface area contributed by atoms with Crippen molar-refractivity contribution in [3.63, 3.8) is 0 Å².